The monoisotopic (exact) mass is 457 g/mol. The Morgan fingerprint density at radius 2 is 1.94 bits per heavy atom. The molecule has 4 aliphatic rings. The number of nitrogens with one attached hydrogen (secondary N) is 2. The molecule has 10 nitrogen and oxygen atoms in total. The summed E-state index contributed by atoms with van der Waals surface area (Å²) >= 11 is 0. The predicted octanol–water partition coefficient (Wildman–Crippen LogP) is -0.246. The van der Waals surface area contributed by atoms with E-state index in [1.807, 2.05) is 0 Å². The number of benzene rings is 1. The van der Waals surface area contributed by atoms with E-state index in [1.54, 1.807) is 17.0 Å². The van der Waals surface area contributed by atoms with Crippen LogP contribution in [0.4, 0.5) is 10.1 Å². The van der Waals surface area contributed by atoms with Crippen molar-refractivity contribution in [2.24, 2.45) is 0 Å². The highest BCUT2D eigenvalue weighted by molar-refractivity contribution is 6.25. The quantitative estimate of drug-likeness (QED) is 0.599. The molecule has 0 bridgehead atoms. The second kappa shape index (κ2) is 8.22. The van der Waals surface area contributed by atoms with Gasteiger partial charge in [-0.25, -0.2) is 4.39 Å². The van der Waals surface area contributed by atoms with Gasteiger partial charge in [0.2, 0.25) is 17.7 Å². The first-order valence-electron chi connectivity index (χ1n) is 11.1. The van der Waals surface area contributed by atoms with Crippen LogP contribution in [-0.4, -0.2) is 95.2 Å². The highest BCUT2D eigenvalue weighted by Gasteiger charge is 2.45. The van der Waals surface area contributed by atoms with Crippen LogP contribution in [0, 0.1) is 0 Å². The number of carbonyl (C=O) groups is 5. The molecule has 0 spiro atoms. The molecule has 4 heterocycles. The fourth-order valence-corrected chi connectivity index (χ4v) is 5.15. The number of nitrogens with zero attached hydrogens (tertiary/aromatic N) is 3. The first kappa shape index (κ1) is 21.5. The number of halogens is 1. The normalized spacial score (nSPS) is 27.5. The molecule has 33 heavy (non-hydrogen) atoms. The minimum absolute atomic E-state index is 0.0277. The summed E-state index contributed by atoms with van der Waals surface area (Å²) in [5, 5.41) is 5.14. The van der Waals surface area contributed by atoms with Crippen LogP contribution in [0.25, 0.3) is 0 Å². The Bertz CT molecular complexity index is 1060. The number of imide groups is 2. The zero-order chi connectivity index (χ0) is 23.3. The lowest BCUT2D eigenvalue weighted by atomic mass is 10.0. The van der Waals surface area contributed by atoms with Gasteiger partial charge < -0.3 is 10.2 Å². The summed E-state index contributed by atoms with van der Waals surface area (Å²) in [7, 11) is 0. The Kier molecular flexibility index (Phi) is 5.35. The van der Waals surface area contributed by atoms with E-state index in [2.05, 4.69) is 15.5 Å². The summed E-state index contributed by atoms with van der Waals surface area (Å²) in [6.07, 6.45) is -0.313. The van der Waals surface area contributed by atoms with Crippen molar-refractivity contribution in [3.63, 3.8) is 0 Å². The molecule has 0 aliphatic carbocycles. The summed E-state index contributed by atoms with van der Waals surface area (Å²) < 4.78 is 13.7. The number of amides is 5. The van der Waals surface area contributed by atoms with Crippen LogP contribution in [0.5, 0.6) is 0 Å². The van der Waals surface area contributed by atoms with Gasteiger partial charge in [0.1, 0.15) is 12.2 Å². The highest BCUT2D eigenvalue weighted by Crippen LogP contribution is 2.32. The summed E-state index contributed by atoms with van der Waals surface area (Å²) in [5.74, 6) is -2.51. The third kappa shape index (κ3) is 3.75. The maximum atomic E-state index is 13.7. The largest absolute Gasteiger partial charge is 0.375 e. The lowest BCUT2D eigenvalue weighted by Gasteiger charge is -2.37. The molecule has 5 amide bonds. The van der Waals surface area contributed by atoms with Crippen molar-refractivity contribution in [2.45, 2.75) is 37.5 Å². The number of anilines is 1. The van der Waals surface area contributed by atoms with Crippen molar-refractivity contribution in [3.05, 3.63) is 29.3 Å². The fraction of sp³-hybridized carbons (Fsp3) is 0.500. The summed E-state index contributed by atoms with van der Waals surface area (Å²) in [4.78, 5) is 67.1. The van der Waals surface area contributed by atoms with E-state index < -0.39 is 35.8 Å². The molecule has 2 N–H and O–H groups in total. The van der Waals surface area contributed by atoms with Gasteiger partial charge in [0.05, 0.1) is 17.7 Å². The second-order valence-corrected chi connectivity index (χ2v) is 8.85. The maximum absolute atomic E-state index is 13.7. The van der Waals surface area contributed by atoms with Crippen LogP contribution in [0.3, 0.4) is 0 Å². The van der Waals surface area contributed by atoms with E-state index in [0.29, 0.717) is 38.3 Å². The molecule has 0 aromatic heterocycles. The van der Waals surface area contributed by atoms with E-state index in [0.717, 1.165) is 4.90 Å². The number of hydrogen-bond donors (Lipinski definition) is 2. The van der Waals surface area contributed by atoms with Crippen LogP contribution in [-0.2, 0) is 14.4 Å². The van der Waals surface area contributed by atoms with E-state index in [1.165, 1.54) is 6.07 Å². The van der Waals surface area contributed by atoms with Gasteiger partial charge in [-0.2, -0.15) is 0 Å². The number of hydrogen-bond acceptors (Lipinski definition) is 7. The van der Waals surface area contributed by atoms with Gasteiger partial charge >= 0.3 is 0 Å². The van der Waals surface area contributed by atoms with E-state index >= 15 is 0 Å². The molecular formula is C22H24FN5O5. The van der Waals surface area contributed by atoms with E-state index in [9.17, 15) is 28.4 Å². The first-order chi connectivity index (χ1) is 15.8. The standard InChI is InChI=1S/C22H24FN5O5/c23-12-8-13-11-27(7-6-26(13)10-12)18(30)9-24-15-3-1-2-14-19(15)22(33)28(21(14)32)16-4-5-17(29)25-20(16)31/h1-3,12-13,16,24H,4-11H2,(H,25,29,31)/t12-,13-,16?/m0/s1. The van der Waals surface area contributed by atoms with Gasteiger partial charge in [0.15, 0.2) is 0 Å². The number of fused-ring (bicyclic) bond motifs is 2. The molecule has 1 aromatic rings. The molecule has 5 rings (SSSR count). The fourth-order valence-electron chi connectivity index (χ4n) is 5.15. The Morgan fingerprint density at radius 1 is 1.12 bits per heavy atom. The average molecular weight is 457 g/mol. The number of piperidine rings is 1. The minimum Gasteiger partial charge on any atom is -0.375 e. The molecule has 3 atom stereocenters. The van der Waals surface area contributed by atoms with E-state index in [4.69, 9.17) is 0 Å². The van der Waals surface area contributed by atoms with Crippen LogP contribution in [0.15, 0.2) is 18.2 Å². The zero-order valence-corrected chi connectivity index (χ0v) is 17.9. The van der Waals surface area contributed by atoms with Crippen molar-refractivity contribution < 1.29 is 28.4 Å². The number of carbonyl (C=O) groups excluding carboxylic acids is 5. The molecule has 3 saturated heterocycles. The van der Waals surface area contributed by atoms with Gasteiger partial charge in [-0.1, -0.05) is 6.07 Å². The predicted molar refractivity (Wildman–Crippen MR) is 113 cm³/mol. The van der Waals surface area contributed by atoms with Gasteiger partial charge in [-0.3, -0.25) is 39.1 Å². The Labute approximate surface area is 189 Å². The van der Waals surface area contributed by atoms with Crippen molar-refractivity contribution >= 4 is 35.2 Å². The van der Waals surface area contributed by atoms with Crippen molar-refractivity contribution in [1.29, 1.82) is 0 Å². The third-order valence-corrected chi connectivity index (χ3v) is 6.82. The Balaban J connectivity index is 1.28. The maximum Gasteiger partial charge on any atom is 0.264 e. The lowest BCUT2D eigenvalue weighted by Crippen LogP contribution is -2.54. The van der Waals surface area contributed by atoms with Crippen molar-refractivity contribution in [3.8, 4) is 0 Å². The van der Waals surface area contributed by atoms with E-state index in [-0.39, 0.29) is 42.5 Å². The second-order valence-electron chi connectivity index (χ2n) is 8.85. The highest BCUT2D eigenvalue weighted by atomic mass is 19.1. The molecule has 0 radical (unpaired) electrons. The van der Waals surface area contributed by atoms with Gasteiger partial charge in [0, 0.05) is 44.3 Å². The first-order valence-corrected chi connectivity index (χ1v) is 11.1. The van der Waals surface area contributed by atoms with Crippen LogP contribution in [0.2, 0.25) is 0 Å². The smallest absolute Gasteiger partial charge is 0.264 e. The van der Waals surface area contributed by atoms with Crippen molar-refractivity contribution in [2.75, 3.05) is 38.0 Å². The molecule has 3 fully saturated rings. The molecule has 0 saturated carbocycles. The Morgan fingerprint density at radius 3 is 2.73 bits per heavy atom. The molecule has 1 aromatic carbocycles. The number of rotatable bonds is 4. The SMILES string of the molecule is O=C1CCC(N2C(=O)c3cccc(NCC(=O)N4CCN5C[C@@H](F)C[C@H]5C4)c3C2=O)C(=O)N1. The van der Waals surface area contributed by atoms with Gasteiger partial charge in [0.25, 0.3) is 11.8 Å². The summed E-state index contributed by atoms with van der Waals surface area (Å²) in [5.41, 5.74) is 0.592. The van der Waals surface area contributed by atoms with Crippen LogP contribution in [0.1, 0.15) is 40.0 Å². The van der Waals surface area contributed by atoms with Gasteiger partial charge in [-0.15, -0.1) is 0 Å². The number of alkyl halides is 1. The molecule has 11 heteroatoms. The summed E-state index contributed by atoms with van der Waals surface area (Å²) in [6.45, 7) is 1.94. The number of piperazine rings is 1. The third-order valence-electron chi connectivity index (χ3n) is 6.82. The Hall–Kier alpha value is -3.34. The molecule has 174 valence electrons. The average Bonchev–Trinajstić information content (AvgIpc) is 3.28. The van der Waals surface area contributed by atoms with Crippen LogP contribution >= 0.6 is 0 Å². The molecule has 4 aliphatic heterocycles. The van der Waals surface area contributed by atoms with Gasteiger partial charge in [-0.05, 0) is 25.0 Å². The molecular weight excluding hydrogens is 433 g/mol. The van der Waals surface area contributed by atoms with Crippen molar-refractivity contribution in [1.82, 2.24) is 20.0 Å². The lowest BCUT2D eigenvalue weighted by molar-refractivity contribution is -0.136. The minimum atomic E-state index is -1.05. The summed E-state index contributed by atoms with van der Waals surface area (Å²) in [6, 6.07) is 3.69. The van der Waals surface area contributed by atoms with Crippen LogP contribution < -0.4 is 10.6 Å². The zero-order valence-electron chi connectivity index (χ0n) is 17.9. The molecule has 1 unspecified atom stereocenters. The topological polar surface area (TPSA) is 119 Å².